The number of nitrogens with one attached hydrogen (secondary N) is 2. The molecule has 4 aromatic rings. The number of aryl methyl sites for hydroxylation is 1. The molecule has 2 aromatic heterocycles. The Balaban J connectivity index is 1.62. The normalized spacial score (nSPS) is 15.1. The van der Waals surface area contributed by atoms with Crippen molar-refractivity contribution in [3.8, 4) is 11.4 Å². The van der Waals surface area contributed by atoms with E-state index in [2.05, 4.69) is 25.2 Å². The van der Waals surface area contributed by atoms with Crippen LogP contribution in [0, 0.1) is 6.92 Å². The lowest BCUT2D eigenvalue weighted by atomic mass is 10.1. The van der Waals surface area contributed by atoms with Crippen molar-refractivity contribution in [1.29, 1.82) is 0 Å². The van der Waals surface area contributed by atoms with Gasteiger partial charge in [0.15, 0.2) is 11.4 Å². The summed E-state index contributed by atoms with van der Waals surface area (Å²) in [4.78, 5) is 15.4. The maximum absolute atomic E-state index is 13.6. The first-order chi connectivity index (χ1) is 15.5. The number of thiazole rings is 1. The smallest absolute Gasteiger partial charge is 0.264 e. The van der Waals surface area contributed by atoms with E-state index >= 15 is 0 Å². The summed E-state index contributed by atoms with van der Waals surface area (Å²) in [6.07, 6.45) is 0.307. The zero-order valence-electron chi connectivity index (χ0n) is 17.5. The van der Waals surface area contributed by atoms with Gasteiger partial charge < -0.3 is 20.3 Å². The molecule has 3 N–H and O–H groups in total. The van der Waals surface area contributed by atoms with E-state index in [1.807, 2.05) is 19.1 Å². The summed E-state index contributed by atoms with van der Waals surface area (Å²) in [6, 6.07) is 10.2. The number of fused-ring (bicyclic) bond motifs is 1. The molecule has 1 aliphatic heterocycles. The second kappa shape index (κ2) is 8.48. The first-order valence-electron chi connectivity index (χ1n) is 10.5. The molecule has 3 heterocycles. The number of aliphatic hydroxyl groups is 1. The van der Waals surface area contributed by atoms with Gasteiger partial charge in [0.05, 0.1) is 11.0 Å². The van der Waals surface area contributed by atoms with E-state index < -0.39 is 12.7 Å². The molecule has 6 nitrogen and oxygen atoms in total. The topological polar surface area (TPSA) is 77.1 Å². The third kappa shape index (κ3) is 3.93. The number of aromatic nitrogens is 3. The molecule has 1 atom stereocenters. The fourth-order valence-corrected chi connectivity index (χ4v) is 4.83. The molecule has 1 aliphatic rings. The van der Waals surface area contributed by atoms with Gasteiger partial charge >= 0.3 is 0 Å². The lowest BCUT2D eigenvalue weighted by Gasteiger charge is -2.20. The summed E-state index contributed by atoms with van der Waals surface area (Å²) >= 11 is 1.45. The third-order valence-electron chi connectivity index (χ3n) is 5.70. The van der Waals surface area contributed by atoms with Crippen LogP contribution in [0.3, 0.4) is 0 Å². The number of benzene rings is 2. The van der Waals surface area contributed by atoms with Crippen molar-refractivity contribution in [2.24, 2.45) is 0 Å². The van der Waals surface area contributed by atoms with Gasteiger partial charge in [0, 0.05) is 46.5 Å². The van der Waals surface area contributed by atoms with Crippen molar-refractivity contribution in [1.82, 2.24) is 15.0 Å². The van der Waals surface area contributed by atoms with Crippen molar-refractivity contribution < 1.29 is 13.9 Å². The Morgan fingerprint density at radius 3 is 2.66 bits per heavy atom. The second-order valence-corrected chi connectivity index (χ2v) is 9.16. The Morgan fingerprint density at radius 1 is 1.16 bits per heavy atom. The average molecular weight is 456 g/mol. The molecule has 2 aromatic carbocycles. The van der Waals surface area contributed by atoms with Crippen molar-refractivity contribution in [2.75, 3.05) is 23.3 Å². The Bertz CT molecular complexity index is 1250. The number of aliphatic hydroxyl groups excluding tert-OH is 1. The Morgan fingerprint density at radius 2 is 1.94 bits per heavy atom. The largest absolute Gasteiger partial charge is 0.371 e. The third-order valence-corrected chi connectivity index (χ3v) is 6.54. The fraction of sp³-hybridized carbons (Fsp3) is 0.304. The van der Waals surface area contributed by atoms with Crippen LogP contribution in [-0.4, -0.2) is 33.1 Å². The average Bonchev–Trinajstić information content (AvgIpc) is 3.53. The number of rotatable bonds is 6. The zero-order valence-corrected chi connectivity index (χ0v) is 18.3. The van der Waals surface area contributed by atoms with Gasteiger partial charge in [0.1, 0.15) is 5.82 Å². The number of H-pyrrole nitrogens is 1. The van der Waals surface area contributed by atoms with E-state index in [0.29, 0.717) is 33.1 Å². The van der Waals surface area contributed by atoms with Crippen LogP contribution in [0.4, 0.5) is 19.6 Å². The maximum atomic E-state index is 13.6. The second-order valence-electron chi connectivity index (χ2n) is 7.92. The molecule has 32 heavy (non-hydrogen) atoms. The number of alkyl halides is 2. The van der Waals surface area contributed by atoms with E-state index in [0.717, 1.165) is 36.5 Å². The van der Waals surface area contributed by atoms with Gasteiger partial charge in [-0.15, -0.1) is 11.3 Å². The number of imidazole rings is 1. The molecule has 1 unspecified atom stereocenters. The maximum Gasteiger partial charge on any atom is 0.264 e. The monoisotopic (exact) mass is 455 g/mol. The number of nitrogens with zero attached hydrogens (tertiary/aromatic N) is 3. The van der Waals surface area contributed by atoms with Crippen molar-refractivity contribution in [3.05, 3.63) is 58.6 Å². The molecule has 5 rings (SSSR count). The van der Waals surface area contributed by atoms with Crippen molar-refractivity contribution in [3.63, 3.8) is 0 Å². The van der Waals surface area contributed by atoms with Crippen LogP contribution in [0.25, 0.3) is 22.4 Å². The predicted octanol–water partition coefficient (Wildman–Crippen LogP) is 5.64. The van der Waals surface area contributed by atoms with Gasteiger partial charge in [-0.25, -0.2) is 18.7 Å². The van der Waals surface area contributed by atoms with E-state index in [1.165, 1.54) is 17.4 Å². The highest BCUT2D eigenvalue weighted by Gasteiger charge is 2.22. The van der Waals surface area contributed by atoms with E-state index in [1.54, 1.807) is 24.4 Å². The Labute approximate surface area is 187 Å². The molecule has 166 valence electrons. The zero-order chi connectivity index (χ0) is 22.2. The van der Waals surface area contributed by atoms with E-state index in [9.17, 15) is 13.9 Å². The molecular formula is C23H23F2N5OS. The van der Waals surface area contributed by atoms with Crippen molar-refractivity contribution >= 4 is 33.2 Å². The van der Waals surface area contributed by atoms with Gasteiger partial charge in [-0.1, -0.05) is 24.3 Å². The van der Waals surface area contributed by atoms with E-state index in [4.69, 9.17) is 0 Å². The molecule has 1 saturated heterocycles. The van der Waals surface area contributed by atoms with Crippen molar-refractivity contribution in [2.45, 2.75) is 32.4 Å². The molecular weight excluding hydrogens is 432 g/mol. The minimum atomic E-state index is -2.61. The minimum absolute atomic E-state index is 0.0789. The quantitative estimate of drug-likeness (QED) is 0.328. The number of halogens is 2. The minimum Gasteiger partial charge on any atom is -0.371 e. The molecule has 0 amide bonds. The highest BCUT2D eigenvalue weighted by Crippen LogP contribution is 2.35. The van der Waals surface area contributed by atoms with Gasteiger partial charge in [-0.3, -0.25) is 0 Å². The molecule has 9 heteroatoms. The predicted molar refractivity (Wildman–Crippen MR) is 123 cm³/mol. The van der Waals surface area contributed by atoms with Crippen LogP contribution in [0.15, 0.2) is 42.6 Å². The summed E-state index contributed by atoms with van der Waals surface area (Å²) < 4.78 is 27.2. The van der Waals surface area contributed by atoms with Crippen LogP contribution < -0.4 is 10.2 Å². The summed E-state index contributed by atoms with van der Waals surface area (Å²) in [5.74, 6) is 0.355. The SMILES string of the molecule is Cc1cnc(NC(O)c2cc(N3CCCC3)cc3[nH]c(-c4ccccc4C(F)F)nc23)s1. The molecule has 0 spiro atoms. The highest BCUT2D eigenvalue weighted by molar-refractivity contribution is 7.15. The van der Waals surface area contributed by atoms with Gasteiger partial charge in [-0.2, -0.15) is 0 Å². The van der Waals surface area contributed by atoms with Crippen LogP contribution in [0.5, 0.6) is 0 Å². The first kappa shape index (κ1) is 20.8. The van der Waals surface area contributed by atoms with Crippen LogP contribution in [0.1, 0.15) is 41.5 Å². The van der Waals surface area contributed by atoms with Gasteiger partial charge in [0.2, 0.25) is 0 Å². The number of anilines is 2. The lowest BCUT2D eigenvalue weighted by Crippen LogP contribution is -2.18. The highest BCUT2D eigenvalue weighted by atomic mass is 32.1. The number of aromatic amines is 1. The van der Waals surface area contributed by atoms with Crippen LogP contribution in [0.2, 0.25) is 0 Å². The number of hydrogen-bond acceptors (Lipinski definition) is 6. The molecule has 1 fully saturated rings. The molecule has 0 bridgehead atoms. The Kier molecular flexibility index (Phi) is 5.52. The van der Waals surface area contributed by atoms with E-state index in [-0.39, 0.29) is 5.56 Å². The van der Waals surface area contributed by atoms with Crippen LogP contribution in [-0.2, 0) is 0 Å². The number of hydrogen-bond donors (Lipinski definition) is 3. The summed E-state index contributed by atoms with van der Waals surface area (Å²) in [6.45, 7) is 3.83. The summed E-state index contributed by atoms with van der Waals surface area (Å²) in [5.41, 5.74) is 3.06. The van der Waals surface area contributed by atoms with Gasteiger partial charge in [-0.05, 0) is 31.9 Å². The Hall–Kier alpha value is -3.04. The van der Waals surface area contributed by atoms with Gasteiger partial charge in [0.25, 0.3) is 6.43 Å². The summed E-state index contributed by atoms with van der Waals surface area (Å²) in [7, 11) is 0. The molecule has 0 aliphatic carbocycles. The molecule has 0 saturated carbocycles. The van der Waals surface area contributed by atoms with Crippen LogP contribution >= 0.6 is 11.3 Å². The fourth-order valence-electron chi connectivity index (χ4n) is 4.14. The first-order valence-corrected chi connectivity index (χ1v) is 11.3. The molecule has 0 radical (unpaired) electrons. The lowest BCUT2D eigenvalue weighted by molar-refractivity contribution is 0.152. The summed E-state index contributed by atoms with van der Waals surface area (Å²) in [5, 5.41) is 14.7. The standard InChI is InChI=1S/C23H23F2N5OS/c1-13-12-26-23(32-13)29-22(31)17-10-14(30-8-4-5-9-30)11-18-19(17)28-21(27-18)16-7-3-2-6-15(16)20(24)25/h2-3,6-7,10-12,20,22,31H,4-5,8-9H2,1H3,(H,26,29)(H,27,28).